The lowest BCUT2D eigenvalue weighted by atomic mass is 10.1. The van der Waals surface area contributed by atoms with Gasteiger partial charge < -0.3 is 10.1 Å². The van der Waals surface area contributed by atoms with Crippen LogP contribution in [0.2, 0.25) is 0 Å². The van der Waals surface area contributed by atoms with Crippen LogP contribution < -0.4 is 14.4 Å². The SMILES string of the molecule is CS(=O)(=O)N1CCc2cc(C(=O)Nc3cccc(OCc4ccccn4)c3)ccc21. The van der Waals surface area contributed by atoms with E-state index in [-0.39, 0.29) is 5.91 Å². The van der Waals surface area contributed by atoms with Crippen LogP contribution in [0.3, 0.4) is 0 Å². The van der Waals surface area contributed by atoms with Gasteiger partial charge in [-0.2, -0.15) is 0 Å². The van der Waals surface area contributed by atoms with Crippen LogP contribution in [0, 0.1) is 0 Å². The van der Waals surface area contributed by atoms with Gasteiger partial charge in [-0.1, -0.05) is 12.1 Å². The second kappa shape index (κ2) is 8.16. The smallest absolute Gasteiger partial charge is 0.255 e. The minimum absolute atomic E-state index is 0.266. The Hall–Kier alpha value is -3.39. The van der Waals surface area contributed by atoms with E-state index in [0.29, 0.717) is 42.3 Å². The van der Waals surface area contributed by atoms with Crippen LogP contribution >= 0.6 is 0 Å². The molecular weight excluding hydrogens is 402 g/mol. The lowest BCUT2D eigenvalue weighted by Crippen LogP contribution is -2.27. The van der Waals surface area contributed by atoms with E-state index >= 15 is 0 Å². The highest BCUT2D eigenvalue weighted by atomic mass is 32.2. The van der Waals surface area contributed by atoms with Crippen molar-refractivity contribution in [2.45, 2.75) is 13.0 Å². The summed E-state index contributed by atoms with van der Waals surface area (Å²) in [4.78, 5) is 16.9. The molecule has 0 spiro atoms. The molecule has 0 aliphatic carbocycles. The fourth-order valence-corrected chi connectivity index (χ4v) is 4.32. The second-order valence-electron chi connectivity index (χ2n) is 7.02. The van der Waals surface area contributed by atoms with Gasteiger partial charge in [-0.05, 0) is 54.4 Å². The molecule has 0 saturated heterocycles. The van der Waals surface area contributed by atoms with Crippen molar-refractivity contribution >= 4 is 27.3 Å². The number of amides is 1. The van der Waals surface area contributed by atoms with Gasteiger partial charge in [-0.15, -0.1) is 0 Å². The number of fused-ring (bicyclic) bond motifs is 1. The number of sulfonamides is 1. The maximum Gasteiger partial charge on any atom is 0.255 e. The average molecular weight is 423 g/mol. The van der Waals surface area contributed by atoms with E-state index in [4.69, 9.17) is 4.74 Å². The fourth-order valence-electron chi connectivity index (χ4n) is 3.36. The molecule has 3 aromatic rings. The highest BCUT2D eigenvalue weighted by Crippen LogP contribution is 2.31. The predicted molar refractivity (Wildman–Crippen MR) is 115 cm³/mol. The average Bonchev–Trinajstić information content (AvgIpc) is 3.17. The van der Waals surface area contributed by atoms with Gasteiger partial charge in [-0.3, -0.25) is 14.1 Å². The Morgan fingerprint density at radius 2 is 2.00 bits per heavy atom. The van der Waals surface area contributed by atoms with Gasteiger partial charge in [0.1, 0.15) is 12.4 Å². The third-order valence-corrected chi connectivity index (χ3v) is 5.98. The van der Waals surface area contributed by atoms with Gasteiger partial charge in [0, 0.05) is 30.1 Å². The second-order valence-corrected chi connectivity index (χ2v) is 8.93. The summed E-state index contributed by atoms with van der Waals surface area (Å²) in [5.41, 5.74) is 3.38. The van der Waals surface area contributed by atoms with Gasteiger partial charge in [-0.25, -0.2) is 8.42 Å². The molecule has 0 bridgehead atoms. The van der Waals surface area contributed by atoms with Crippen LogP contribution in [-0.4, -0.2) is 32.1 Å². The first-order valence-corrected chi connectivity index (χ1v) is 11.3. The number of benzene rings is 2. The lowest BCUT2D eigenvalue weighted by molar-refractivity contribution is 0.102. The molecule has 7 nitrogen and oxygen atoms in total. The molecule has 2 heterocycles. The number of hydrogen-bond donors (Lipinski definition) is 1. The summed E-state index contributed by atoms with van der Waals surface area (Å²) in [5, 5.41) is 2.86. The Bertz CT molecular complexity index is 1180. The van der Waals surface area contributed by atoms with Gasteiger partial charge >= 0.3 is 0 Å². The van der Waals surface area contributed by atoms with Crippen LogP contribution in [-0.2, 0) is 23.1 Å². The van der Waals surface area contributed by atoms with Crippen molar-refractivity contribution in [1.82, 2.24) is 4.98 Å². The Kier molecular flexibility index (Phi) is 5.41. The van der Waals surface area contributed by atoms with Crippen LogP contribution in [0.1, 0.15) is 21.6 Å². The zero-order valence-corrected chi connectivity index (χ0v) is 17.2. The van der Waals surface area contributed by atoms with Gasteiger partial charge in [0.25, 0.3) is 5.91 Å². The minimum Gasteiger partial charge on any atom is -0.487 e. The maximum absolute atomic E-state index is 12.7. The summed E-state index contributed by atoms with van der Waals surface area (Å²) in [6, 6.07) is 17.8. The van der Waals surface area contributed by atoms with Crippen molar-refractivity contribution in [2.24, 2.45) is 0 Å². The Balaban J connectivity index is 1.44. The number of ether oxygens (including phenoxy) is 1. The third kappa shape index (κ3) is 4.44. The van der Waals surface area contributed by atoms with E-state index in [1.165, 1.54) is 10.6 Å². The molecule has 1 aromatic heterocycles. The van der Waals surface area contributed by atoms with Crippen LogP contribution in [0.5, 0.6) is 5.75 Å². The lowest BCUT2D eigenvalue weighted by Gasteiger charge is -2.16. The number of nitrogens with zero attached hydrogens (tertiary/aromatic N) is 2. The highest BCUT2D eigenvalue weighted by Gasteiger charge is 2.26. The first-order chi connectivity index (χ1) is 14.4. The van der Waals surface area contributed by atoms with Gasteiger partial charge in [0.15, 0.2) is 0 Å². The standard InChI is InChI=1S/C22H21N3O4S/c1-30(27,28)25-12-10-16-13-17(8-9-21(16)25)22(26)24-18-6-4-7-20(14-18)29-15-19-5-2-3-11-23-19/h2-9,11,13-14H,10,12,15H2,1H3,(H,24,26). The van der Waals surface area contributed by atoms with E-state index in [0.717, 1.165) is 11.3 Å². The predicted octanol–water partition coefficient (Wildman–Crippen LogP) is 3.24. The normalized spacial score (nSPS) is 13.0. The van der Waals surface area contributed by atoms with E-state index in [2.05, 4.69) is 10.3 Å². The molecule has 2 aromatic carbocycles. The van der Waals surface area contributed by atoms with E-state index in [1.54, 1.807) is 42.6 Å². The number of hydrogen-bond acceptors (Lipinski definition) is 5. The molecule has 30 heavy (non-hydrogen) atoms. The quantitative estimate of drug-likeness (QED) is 0.658. The number of pyridine rings is 1. The number of carbonyl (C=O) groups excluding carboxylic acids is 1. The summed E-state index contributed by atoms with van der Waals surface area (Å²) < 4.78 is 30.8. The number of carbonyl (C=O) groups is 1. The largest absolute Gasteiger partial charge is 0.487 e. The van der Waals surface area contributed by atoms with Crippen LogP contribution in [0.15, 0.2) is 66.9 Å². The molecule has 0 atom stereocenters. The molecule has 0 fully saturated rings. The summed E-state index contributed by atoms with van der Waals surface area (Å²) in [7, 11) is -3.31. The minimum atomic E-state index is -3.31. The van der Waals surface area contributed by atoms with E-state index < -0.39 is 10.0 Å². The molecule has 1 aliphatic rings. The molecule has 154 valence electrons. The first kappa shape index (κ1) is 19.9. The van der Waals surface area contributed by atoms with Crippen molar-refractivity contribution in [1.29, 1.82) is 0 Å². The molecule has 0 saturated carbocycles. The van der Waals surface area contributed by atoms with Gasteiger partial charge in [0.2, 0.25) is 10.0 Å². The summed E-state index contributed by atoms with van der Waals surface area (Å²) in [6.07, 6.45) is 3.48. The zero-order chi connectivity index (χ0) is 21.1. The molecule has 1 N–H and O–H groups in total. The zero-order valence-electron chi connectivity index (χ0n) is 16.4. The van der Waals surface area contributed by atoms with Crippen molar-refractivity contribution in [2.75, 3.05) is 22.4 Å². The summed E-state index contributed by atoms with van der Waals surface area (Å²) in [6.45, 7) is 0.731. The number of rotatable bonds is 6. The van der Waals surface area contributed by atoms with Crippen LogP contribution in [0.25, 0.3) is 0 Å². The van der Waals surface area contributed by atoms with Crippen molar-refractivity contribution < 1.29 is 17.9 Å². The monoisotopic (exact) mass is 423 g/mol. The van der Waals surface area contributed by atoms with Crippen molar-refractivity contribution in [3.8, 4) is 5.75 Å². The molecule has 8 heteroatoms. The third-order valence-electron chi connectivity index (χ3n) is 4.80. The molecule has 4 rings (SSSR count). The van der Waals surface area contributed by atoms with Crippen LogP contribution in [0.4, 0.5) is 11.4 Å². The molecular formula is C22H21N3O4S. The Labute approximate surface area is 175 Å². The molecule has 1 amide bonds. The summed E-state index contributed by atoms with van der Waals surface area (Å²) in [5.74, 6) is 0.355. The van der Waals surface area contributed by atoms with Crippen molar-refractivity contribution in [3.63, 3.8) is 0 Å². The number of anilines is 2. The maximum atomic E-state index is 12.7. The van der Waals surface area contributed by atoms with Crippen molar-refractivity contribution in [3.05, 3.63) is 83.7 Å². The Morgan fingerprint density at radius 3 is 2.77 bits per heavy atom. The van der Waals surface area contributed by atoms with Gasteiger partial charge in [0.05, 0.1) is 17.6 Å². The number of aromatic nitrogens is 1. The highest BCUT2D eigenvalue weighted by molar-refractivity contribution is 7.92. The molecule has 1 aliphatic heterocycles. The summed E-state index contributed by atoms with van der Waals surface area (Å²) >= 11 is 0. The number of nitrogens with one attached hydrogen (secondary N) is 1. The van der Waals surface area contributed by atoms with E-state index in [9.17, 15) is 13.2 Å². The molecule has 0 unspecified atom stereocenters. The first-order valence-electron chi connectivity index (χ1n) is 9.45. The van der Waals surface area contributed by atoms with E-state index in [1.807, 2.05) is 24.3 Å². The fraction of sp³-hybridized carbons (Fsp3) is 0.182. The molecule has 0 radical (unpaired) electrons. The Morgan fingerprint density at radius 1 is 1.13 bits per heavy atom. The topological polar surface area (TPSA) is 88.6 Å².